The van der Waals surface area contributed by atoms with E-state index in [9.17, 15) is 9.18 Å². The average molecular weight is 272 g/mol. The molecule has 0 aliphatic carbocycles. The fourth-order valence-electron chi connectivity index (χ4n) is 1.76. The van der Waals surface area contributed by atoms with E-state index in [1.165, 1.54) is 35.8 Å². The van der Waals surface area contributed by atoms with Crippen LogP contribution in [-0.4, -0.2) is 10.3 Å². The van der Waals surface area contributed by atoms with Gasteiger partial charge in [-0.1, -0.05) is 12.1 Å². The fraction of sp³-hybridized carbons (Fsp3) is 0. The largest absolute Gasteiger partial charge is 0.305 e. The molecular formula is C14H9FN2OS. The molecule has 5 heteroatoms. The molecule has 2 aromatic carbocycles. The number of hydrogen-bond acceptors (Lipinski definition) is 3. The molecule has 0 spiro atoms. The first-order chi connectivity index (χ1) is 9.24. The second-order valence-electron chi connectivity index (χ2n) is 3.99. The van der Waals surface area contributed by atoms with Gasteiger partial charge in [0.1, 0.15) is 5.82 Å². The smallest absolute Gasteiger partial charge is 0.256 e. The standard InChI is InChI=1S/C14H9FN2OS/c15-10-7-5-9(6-8-10)14(18)16-13-11-3-1-2-4-12(11)19-17-13/h1-8H,(H,16,17,18). The number of aromatic nitrogens is 1. The van der Waals surface area contributed by atoms with Gasteiger partial charge >= 0.3 is 0 Å². The van der Waals surface area contributed by atoms with Crippen molar-refractivity contribution in [3.05, 3.63) is 59.9 Å². The first-order valence-electron chi connectivity index (χ1n) is 5.65. The van der Waals surface area contributed by atoms with Crippen molar-refractivity contribution in [1.29, 1.82) is 0 Å². The summed E-state index contributed by atoms with van der Waals surface area (Å²) in [5.41, 5.74) is 0.401. The predicted molar refractivity (Wildman–Crippen MR) is 74.0 cm³/mol. The van der Waals surface area contributed by atoms with Crippen LogP contribution in [0, 0.1) is 5.82 Å². The third-order valence-electron chi connectivity index (χ3n) is 2.72. The zero-order valence-corrected chi connectivity index (χ0v) is 10.6. The summed E-state index contributed by atoms with van der Waals surface area (Å²) in [5, 5.41) is 3.64. The monoisotopic (exact) mass is 272 g/mol. The van der Waals surface area contributed by atoms with Gasteiger partial charge in [0.15, 0.2) is 5.82 Å². The van der Waals surface area contributed by atoms with Crippen LogP contribution in [0.4, 0.5) is 10.2 Å². The number of benzene rings is 2. The Bertz CT molecular complexity index is 737. The van der Waals surface area contributed by atoms with Crippen LogP contribution >= 0.6 is 11.5 Å². The van der Waals surface area contributed by atoms with Crippen molar-refractivity contribution < 1.29 is 9.18 Å². The Morgan fingerprint density at radius 2 is 1.84 bits per heavy atom. The lowest BCUT2D eigenvalue weighted by Gasteiger charge is -2.02. The first-order valence-corrected chi connectivity index (χ1v) is 6.43. The molecule has 0 saturated heterocycles. The third-order valence-corrected chi connectivity index (χ3v) is 3.54. The summed E-state index contributed by atoms with van der Waals surface area (Å²) >= 11 is 1.33. The van der Waals surface area contributed by atoms with Crippen LogP contribution in [0.5, 0.6) is 0 Å². The van der Waals surface area contributed by atoms with E-state index in [1.807, 2.05) is 24.3 Å². The number of anilines is 1. The third kappa shape index (κ3) is 2.32. The molecule has 0 bridgehead atoms. The number of nitrogens with zero attached hydrogens (tertiary/aromatic N) is 1. The molecule has 0 saturated carbocycles. The van der Waals surface area contributed by atoms with E-state index < -0.39 is 0 Å². The van der Waals surface area contributed by atoms with Gasteiger partial charge in [-0.05, 0) is 47.9 Å². The van der Waals surface area contributed by atoms with Crippen LogP contribution in [-0.2, 0) is 0 Å². The molecule has 3 aromatic rings. The molecule has 1 heterocycles. The summed E-state index contributed by atoms with van der Waals surface area (Å²) in [6.45, 7) is 0. The molecule has 94 valence electrons. The van der Waals surface area contributed by atoms with Crippen molar-refractivity contribution in [2.24, 2.45) is 0 Å². The van der Waals surface area contributed by atoms with Crippen molar-refractivity contribution in [2.45, 2.75) is 0 Å². The SMILES string of the molecule is O=C(Nc1nsc2ccccc12)c1ccc(F)cc1. The molecule has 0 fully saturated rings. The number of carbonyl (C=O) groups excluding carboxylic acids is 1. The van der Waals surface area contributed by atoms with Gasteiger partial charge in [0.05, 0.1) is 4.70 Å². The second-order valence-corrected chi connectivity index (χ2v) is 4.79. The summed E-state index contributed by atoms with van der Waals surface area (Å²) in [7, 11) is 0. The Balaban J connectivity index is 1.89. The Morgan fingerprint density at radius 1 is 1.11 bits per heavy atom. The lowest BCUT2D eigenvalue weighted by molar-refractivity contribution is 0.102. The average Bonchev–Trinajstić information content (AvgIpc) is 2.83. The van der Waals surface area contributed by atoms with E-state index in [1.54, 1.807) is 0 Å². The molecular weight excluding hydrogens is 263 g/mol. The molecule has 0 aliphatic heterocycles. The van der Waals surface area contributed by atoms with Crippen LogP contribution in [0.25, 0.3) is 10.1 Å². The molecule has 0 radical (unpaired) electrons. The Kier molecular flexibility index (Phi) is 2.97. The number of fused-ring (bicyclic) bond motifs is 1. The maximum Gasteiger partial charge on any atom is 0.256 e. The van der Waals surface area contributed by atoms with Gasteiger partial charge in [0.2, 0.25) is 0 Å². The van der Waals surface area contributed by atoms with Gasteiger partial charge in [0.25, 0.3) is 5.91 Å². The van der Waals surface area contributed by atoms with Crippen LogP contribution in [0.2, 0.25) is 0 Å². The van der Waals surface area contributed by atoms with Crippen molar-refractivity contribution >= 4 is 33.3 Å². The van der Waals surface area contributed by atoms with Gasteiger partial charge in [-0.3, -0.25) is 4.79 Å². The number of amides is 1. The highest BCUT2D eigenvalue weighted by Gasteiger charge is 2.10. The molecule has 3 nitrogen and oxygen atoms in total. The van der Waals surface area contributed by atoms with Gasteiger partial charge in [0, 0.05) is 10.9 Å². The summed E-state index contributed by atoms with van der Waals surface area (Å²) in [6.07, 6.45) is 0. The number of carbonyl (C=O) groups is 1. The predicted octanol–water partition coefficient (Wildman–Crippen LogP) is 3.69. The van der Waals surface area contributed by atoms with Crippen LogP contribution in [0.3, 0.4) is 0 Å². The highest BCUT2D eigenvalue weighted by molar-refractivity contribution is 7.13. The van der Waals surface area contributed by atoms with Gasteiger partial charge in [-0.15, -0.1) is 0 Å². The van der Waals surface area contributed by atoms with E-state index >= 15 is 0 Å². The first kappa shape index (κ1) is 11.8. The molecule has 0 aliphatic rings. The molecule has 0 unspecified atom stereocenters. The Morgan fingerprint density at radius 3 is 2.63 bits per heavy atom. The van der Waals surface area contributed by atoms with Gasteiger partial charge < -0.3 is 5.32 Å². The number of nitrogens with one attached hydrogen (secondary N) is 1. The van der Waals surface area contributed by atoms with E-state index in [-0.39, 0.29) is 11.7 Å². The van der Waals surface area contributed by atoms with Crippen LogP contribution < -0.4 is 5.32 Å². The summed E-state index contributed by atoms with van der Waals surface area (Å²) < 4.78 is 18.0. The van der Waals surface area contributed by atoms with E-state index in [0.717, 1.165) is 10.1 Å². The second kappa shape index (κ2) is 4.78. The lowest BCUT2D eigenvalue weighted by atomic mass is 10.2. The lowest BCUT2D eigenvalue weighted by Crippen LogP contribution is -2.12. The normalized spacial score (nSPS) is 10.6. The minimum Gasteiger partial charge on any atom is -0.305 e. The topological polar surface area (TPSA) is 42.0 Å². The molecule has 3 rings (SSSR count). The maximum absolute atomic E-state index is 12.8. The Hall–Kier alpha value is -2.27. The van der Waals surface area contributed by atoms with Crippen molar-refractivity contribution in [3.8, 4) is 0 Å². The quantitative estimate of drug-likeness (QED) is 0.773. The fourth-order valence-corrected chi connectivity index (χ4v) is 2.49. The van der Waals surface area contributed by atoms with Crippen LogP contribution in [0.1, 0.15) is 10.4 Å². The number of rotatable bonds is 2. The van der Waals surface area contributed by atoms with Gasteiger partial charge in [-0.25, -0.2) is 4.39 Å². The van der Waals surface area contributed by atoms with E-state index in [2.05, 4.69) is 9.69 Å². The zero-order chi connectivity index (χ0) is 13.2. The maximum atomic E-state index is 12.8. The van der Waals surface area contributed by atoms with Gasteiger partial charge in [-0.2, -0.15) is 4.37 Å². The molecule has 1 amide bonds. The zero-order valence-electron chi connectivity index (χ0n) is 9.76. The van der Waals surface area contributed by atoms with Crippen LogP contribution in [0.15, 0.2) is 48.5 Å². The van der Waals surface area contributed by atoms with E-state index in [4.69, 9.17) is 0 Å². The van der Waals surface area contributed by atoms with Crippen molar-refractivity contribution in [3.63, 3.8) is 0 Å². The van der Waals surface area contributed by atoms with Crippen molar-refractivity contribution in [2.75, 3.05) is 5.32 Å². The number of halogens is 1. The molecule has 0 atom stereocenters. The summed E-state index contributed by atoms with van der Waals surface area (Å²) in [5.74, 6) is -0.123. The minimum atomic E-state index is -0.365. The molecule has 19 heavy (non-hydrogen) atoms. The Labute approximate surface area is 112 Å². The molecule has 1 aromatic heterocycles. The highest BCUT2D eigenvalue weighted by atomic mass is 32.1. The summed E-state index contributed by atoms with van der Waals surface area (Å²) in [6, 6.07) is 13.1. The summed E-state index contributed by atoms with van der Waals surface area (Å²) in [4.78, 5) is 12.0. The highest BCUT2D eigenvalue weighted by Crippen LogP contribution is 2.26. The number of hydrogen-bond donors (Lipinski definition) is 1. The minimum absolute atomic E-state index is 0.295. The van der Waals surface area contributed by atoms with E-state index in [0.29, 0.717) is 11.4 Å². The molecule has 1 N–H and O–H groups in total. The van der Waals surface area contributed by atoms with Crippen molar-refractivity contribution in [1.82, 2.24) is 4.37 Å².